The molecule has 3 nitrogen and oxygen atoms in total. The van der Waals surface area contributed by atoms with Gasteiger partial charge in [0.05, 0.1) is 6.61 Å². The summed E-state index contributed by atoms with van der Waals surface area (Å²) in [5.74, 6) is 0.681. The molecule has 4 heteroatoms. The lowest BCUT2D eigenvalue weighted by Crippen LogP contribution is -2.51. The molecular formula is C17H23ClN2O. The van der Waals surface area contributed by atoms with Crippen molar-refractivity contribution in [3.8, 4) is 0 Å². The Morgan fingerprint density at radius 3 is 3.10 bits per heavy atom. The quantitative estimate of drug-likeness (QED) is 0.803. The minimum atomic E-state index is -0.117. The van der Waals surface area contributed by atoms with Gasteiger partial charge in [0.15, 0.2) is 0 Å². The number of rotatable bonds is 4. The monoisotopic (exact) mass is 306 g/mol. The number of nitrogens with one attached hydrogen (secondary N) is 2. The van der Waals surface area contributed by atoms with E-state index >= 15 is 0 Å². The average Bonchev–Trinajstić information content (AvgIpc) is 2.87. The molecule has 1 fully saturated rings. The third kappa shape index (κ3) is 3.10. The van der Waals surface area contributed by atoms with Crippen molar-refractivity contribution in [2.45, 2.75) is 44.7 Å². The number of hydrogen-bond acceptors (Lipinski definition) is 2. The summed E-state index contributed by atoms with van der Waals surface area (Å²) >= 11 is 6.02. The van der Waals surface area contributed by atoms with Crippen LogP contribution >= 0.6 is 11.6 Å². The molecule has 0 amide bonds. The van der Waals surface area contributed by atoms with E-state index in [0.29, 0.717) is 5.92 Å². The molecule has 3 N–H and O–H groups in total. The number of benzene rings is 1. The standard InChI is InChI=1S/C17H23ClN2O/c1-12-3-2-6-17(8-12,11-21)20-10-13-9-19-16-7-14(18)4-5-15(13)16/h4-5,7,9,12,19-21H,2-3,6,8,10-11H2,1H3. The second-order valence-corrected chi connectivity index (χ2v) is 6.93. The number of fused-ring (bicyclic) bond motifs is 1. The molecule has 0 bridgehead atoms. The summed E-state index contributed by atoms with van der Waals surface area (Å²) in [5, 5.41) is 15.4. The molecule has 2 aromatic rings. The van der Waals surface area contributed by atoms with Gasteiger partial charge in [0.2, 0.25) is 0 Å². The van der Waals surface area contributed by atoms with Gasteiger partial charge in [-0.2, -0.15) is 0 Å². The normalized spacial score (nSPS) is 26.3. The highest BCUT2D eigenvalue weighted by Crippen LogP contribution is 2.32. The molecule has 1 aliphatic rings. The fourth-order valence-corrected chi connectivity index (χ4v) is 3.78. The van der Waals surface area contributed by atoms with Crippen LogP contribution in [0.2, 0.25) is 5.02 Å². The highest BCUT2D eigenvalue weighted by Gasteiger charge is 2.33. The van der Waals surface area contributed by atoms with Crippen molar-refractivity contribution in [3.63, 3.8) is 0 Å². The smallest absolute Gasteiger partial charge is 0.0613 e. The predicted molar refractivity (Wildman–Crippen MR) is 87.6 cm³/mol. The van der Waals surface area contributed by atoms with Crippen molar-refractivity contribution in [1.29, 1.82) is 0 Å². The second kappa shape index (κ2) is 5.99. The first-order valence-corrected chi connectivity index (χ1v) is 8.11. The maximum absolute atomic E-state index is 9.85. The number of aromatic amines is 1. The zero-order valence-electron chi connectivity index (χ0n) is 12.5. The summed E-state index contributed by atoms with van der Waals surface area (Å²) in [5.41, 5.74) is 2.18. The van der Waals surface area contributed by atoms with Crippen LogP contribution in [0.15, 0.2) is 24.4 Å². The van der Waals surface area contributed by atoms with Crippen molar-refractivity contribution < 1.29 is 5.11 Å². The zero-order valence-corrected chi connectivity index (χ0v) is 13.2. The molecule has 2 unspecified atom stereocenters. The molecule has 0 radical (unpaired) electrons. The highest BCUT2D eigenvalue weighted by molar-refractivity contribution is 6.31. The number of H-pyrrole nitrogens is 1. The van der Waals surface area contributed by atoms with E-state index in [1.807, 2.05) is 18.3 Å². The summed E-state index contributed by atoms with van der Waals surface area (Å²) in [7, 11) is 0. The van der Waals surface area contributed by atoms with Crippen molar-refractivity contribution in [2.75, 3.05) is 6.61 Å². The molecule has 114 valence electrons. The van der Waals surface area contributed by atoms with Gasteiger partial charge in [0.1, 0.15) is 0 Å². The lowest BCUT2D eigenvalue weighted by molar-refractivity contribution is 0.0983. The molecule has 1 aliphatic carbocycles. The van der Waals surface area contributed by atoms with Gasteiger partial charge in [-0.25, -0.2) is 0 Å². The Hall–Kier alpha value is -1.03. The van der Waals surface area contributed by atoms with Crippen LogP contribution in [-0.2, 0) is 6.54 Å². The minimum absolute atomic E-state index is 0.117. The van der Waals surface area contributed by atoms with E-state index in [-0.39, 0.29) is 12.1 Å². The number of hydrogen-bond donors (Lipinski definition) is 3. The minimum Gasteiger partial charge on any atom is -0.394 e. The van der Waals surface area contributed by atoms with Crippen LogP contribution in [0.5, 0.6) is 0 Å². The molecular weight excluding hydrogens is 284 g/mol. The molecule has 1 aromatic carbocycles. The van der Waals surface area contributed by atoms with E-state index in [2.05, 4.69) is 23.3 Å². The van der Waals surface area contributed by atoms with Gasteiger partial charge in [-0.3, -0.25) is 0 Å². The fraction of sp³-hybridized carbons (Fsp3) is 0.529. The first-order chi connectivity index (χ1) is 10.1. The van der Waals surface area contributed by atoms with E-state index in [9.17, 15) is 5.11 Å². The van der Waals surface area contributed by atoms with Gasteiger partial charge in [0.25, 0.3) is 0 Å². The third-order valence-corrected chi connectivity index (χ3v) is 5.01. The van der Waals surface area contributed by atoms with Crippen LogP contribution in [0.1, 0.15) is 38.2 Å². The van der Waals surface area contributed by atoms with E-state index in [4.69, 9.17) is 11.6 Å². The number of aromatic nitrogens is 1. The van der Waals surface area contributed by atoms with E-state index < -0.39 is 0 Å². The van der Waals surface area contributed by atoms with Gasteiger partial charge in [-0.15, -0.1) is 0 Å². The van der Waals surface area contributed by atoms with Gasteiger partial charge in [-0.05, 0) is 36.5 Å². The van der Waals surface area contributed by atoms with Crippen molar-refractivity contribution in [3.05, 3.63) is 35.0 Å². The van der Waals surface area contributed by atoms with Crippen molar-refractivity contribution in [1.82, 2.24) is 10.3 Å². The van der Waals surface area contributed by atoms with Crippen LogP contribution in [0.25, 0.3) is 10.9 Å². The van der Waals surface area contributed by atoms with E-state index in [0.717, 1.165) is 29.9 Å². The Morgan fingerprint density at radius 2 is 2.33 bits per heavy atom. The van der Waals surface area contributed by atoms with Crippen LogP contribution in [0, 0.1) is 5.92 Å². The van der Waals surface area contributed by atoms with Gasteiger partial charge in [-0.1, -0.05) is 37.4 Å². The molecule has 2 atom stereocenters. The predicted octanol–water partition coefficient (Wildman–Crippen LogP) is 3.85. The second-order valence-electron chi connectivity index (χ2n) is 6.50. The maximum atomic E-state index is 9.85. The summed E-state index contributed by atoms with van der Waals surface area (Å²) in [6.45, 7) is 3.26. The number of aliphatic hydroxyl groups is 1. The number of aliphatic hydroxyl groups excluding tert-OH is 1. The molecule has 0 aliphatic heterocycles. The largest absolute Gasteiger partial charge is 0.394 e. The third-order valence-electron chi connectivity index (χ3n) is 4.78. The van der Waals surface area contributed by atoms with Gasteiger partial charge < -0.3 is 15.4 Å². The highest BCUT2D eigenvalue weighted by atomic mass is 35.5. The van der Waals surface area contributed by atoms with E-state index in [1.54, 1.807) is 0 Å². The first kappa shape index (κ1) is 14.9. The van der Waals surface area contributed by atoms with Gasteiger partial charge in [0, 0.05) is 34.2 Å². The molecule has 21 heavy (non-hydrogen) atoms. The molecule has 1 saturated carbocycles. The van der Waals surface area contributed by atoms with Gasteiger partial charge >= 0.3 is 0 Å². The van der Waals surface area contributed by atoms with Crippen LogP contribution in [0.4, 0.5) is 0 Å². The summed E-state index contributed by atoms with van der Waals surface area (Å²) in [6, 6.07) is 5.93. The summed E-state index contributed by atoms with van der Waals surface area (Å²) < 4.78 is 0. The van der Waals surface area contributed by atoms with Crippen LogP contribution in [-0.4, -0.2) is 22.2 Å². The molecule has 3 rings (SSSR count). The van der Waals surface area contributed by atoms with Crippen molar-refractivity contribution in [2.24, 2.45) is 5.92 Å². The molecule has 0 spiro atoms. The van der Waals surface area contributed by atoms with Crippen LogP contribution in [0.3, 0.4) is 0 Å². The Labute approximate surface area is 130 Å². The maximum Gasteiger partial charge on any atom is 0.0613 e. The van der Waals surface area contributed by atoms with E-state index in [1.165, 1.54) is 23.8 Å². The molecule has 0 saturated heterocycles. The first-order valence-electron chi connectivity index (χ1n) is 7.73. The molecule has 1 heterocycles. The fourth-order valence-electron chi connectivity index (χ4n) is 3.61. The lowest BCUT2D eigenvalue weighted by Gasteiger charge is -2.39. The Kier molecular flexibility index (Phi) is 4.25. The summed E-state index contributed by atoms with van der Waals surface area (Å²) in [6.07, 6.45) is 6.61. The average molecular weight is 307 g/mol. The Balaban J connectivity index is 1.76. The number of halogens is 1. The lowest BCUT2D eigenvalue weighted by atomic mass is 9.77. The van der Waals surface area contributed by atoms with Crippen LogP contribution < -0.4 is 5.32 Å². The Morgan fingerprint density at radius 1 is 1.48 bits per heavy atom. The Bertz CT molecular complexity index is 624. The molecule has 1 aromatic heterocycles. The van der Waals surface area contributed by atoms with Crippen molar-refractivity contribution >= 4 is 22.5 Å². The summed E-state index contributed by atoms with van der Waals surface area (Å²) in [4.78, 5) is 3.27. The zero-order chi connectivity index (χ0) is 14.9. The SMILES string of the molecule is CC1CCCC(CO)(NCc2c[nH]c3cc(Cl)ccc23)C1. The topological polar surface area (TPSA) is 48.0 Å².